The second-order valence-corrected chi connectivity index (χ2v) is 7.27. The highest BCUT2D eigenvalue weighted by molar-refractivity contribution is 6.33. The van der Waals surface area contributed by atoms with Crippen LogP contribution in [0, 0.1) is 11.7 Å². The standard InChI is InChI=1S/C21H18ClFN2O2/c22-18-10-15(23)6-8-17(18)21(27)25-11-14(20(26)12-25)9-16-7-5-13-3-1-2-4-19(13)24-16/h1-8,10,14,20,26H,9,11-12H2/t14-,20-/m1/s1. The molecule has 0 spiro atoms. The Bertz CT molecular complexity index is 1010. The molecule has 1 aliphatic heterocycles. The average molecular weight is 385 g/mol. The summed E-state index contributed by atoms with van der Waals surface area (Å²) < 4.78 is 13.2. The van der Waals surface area contributed by atoms with Crippen molar-refractivity contribution in [2.45, 2.75) is 12.5 Å². The molecule has 27 heavy (non-hydrogen) atoms. The van der Waals surface area contributed by atoms with Crippen molar-refractivity contribution in [1.29, 1.82) is 0 Å². The first-order valence-electron chi connectivity index (χ1n) is 8.78. The number of fused-ring (bicyclic) bond motifs is 1. The van der Waals surface area contributed by atoms with Gasteiger partial charge in [-0.25, -0.2) is 4.39 Å². The van der Waals surface area contributed by atoms with E-state index in [9.17, 15) is 14.3 Å². The lowest BCUT2D eigenvalue weighted by Gasteiger charge is -2.17. The zero-order chi connectivity index (χ0) is 19.0. The van der Waals surface area contributed by atoms with Gasteiger partial charge in [0.05, 0.1) is 22.2 Å². The number of amides is 1. The van der Waals surface area contributed by atoms with E-state index in [1.54, 1.807) is 4.90 Å². The number of halogens is 2. The molecule has 0 bridgehead atoms. The molecule has 1 aromatic heterocycles. The number of likely N-dealkylation sites (tertiary alicyclic amines) is 1. The first-order valence-corrected chi connectivity index (χ1v) is 9.16. The van der Waals surface area contributed by atoms with Crippen LogP contribution in [0.1, 0.15) is 16.1 Å². The van der Waals surface area contributed by atoms with Gasteiger partial charge in [0.25, 0.3) is 5.91 Å². The van der Waals surface area contributed by atoms with Crippen molar-refractivity contribution in [2.24, 2.45) is 5.92 Å². The molecule has 4 rings (SSSR count). The van der Waals surface area contributed by atoms with E-state index in [0.717, 1.165) is 22.7 Å². The SMILES string of the molecule is O=C(c1ccc(F)cc1Cl)N1C[C@@H](Cc2ccc3ccccc3n2)[C@H](O)C1. The Labute approximate surface area is 161 Å². The number of β-amino-alcohol motifs (C(OH)–C–C–N with tert-alkyl or cyclic N) is 1. The number of aliphatic hydroxyl groups excluding tert-OH is 1. The predicted octanol–water partition coefficient (Wildman–Crippen LogP) is 3.70. The number of rotatable bonds is 3. The highest BCUT2D eigenvalue weighted by atomic mass is 35.5. The van der Waals surface area contributed by atoms with E-state index < -0.39 is 11.9 Å². The summed E-state index contributed by atoms with van der Waals surface area (Å²) in [5, 5.41) is 11.6. The van der Waals surface area contributed by atoms with Gasteiger partial charge < -0.3 is 10.0 Å². The molecule has 1 N–H and O–H groups in total. The second kappa shape index (κ2) is 7.25. The fraction of sp³-hybridized carbons (Fsp3) is 0.238. The minimum Gasteiger partial charge on any atom is -0.391 e. The molecule has 4 nitrogen and oxygen atoms in total. The van der Waals surface area contributed by atoms with Crippen molar-refractivity contribution in [3.8, 4) is 0 Å². The molecule has 1 saturated heterocycles. The molecule has 2 aromatic carbocycles. The van der Waals surface area contributed by atoms with Gasteiger partial charge in [-0.1, -0.05) is 35.9 Å². The summed E-state index contributed by atoms with van der Waals surface area (Å²) in [6.45, 7) is 0.632. The van der Waals surface area contributed by atoms with E-state index in [1.165, 1.54) is 12.1 Å². The summed E-state index contributed by atoms with van der Waals surface area (Å²) in [5.74, 6) is -0.895. The van der Waals surface area contributed by atoms with Crippen LogP contribution in [0.3, 0.4) is 0 Å². The smallest absolute Gasteiger partial charge is 0.255 e. The molecular weight excluding hydrogens is 367 g/mol. The van der Waals surface area contributed by atoms with Gasteiger partial charge in [0.2, 0.25) is 0 Å². The molecule has 1 fully saturated rings. The maximum absolute atomic E-state index is 13.2. The third-order valence-corrected chi connectivity index (χ3v) is 5.30. The normalized spacial score (nSPS) is 19.6. The van der Waals surface area contributed by atoms with Crippen LogP contribution in [-0.2, 0) is 6.42 Å². The number of pyridine rings is 1. The Morgan fingerprint density at radius 3 is 2.81 bits per heavy atom. The quantitative estimate of drug-likeness (QED) is 0.749. The predicted molar refractivity (Wildman–Crippen MR) is 102 cm³/mol. The van der Waals surface area contributed by atoms with Crippen LogP contribution in [0.5, 0.6) is 0 Å². The molecule has 0 unspecified atom stereocenters. The maximum Gasteiger partial charge on any atom is 0.255 e. The highest BCUT2D eigenvalue weighted by Gasteiger charge is 2.35. The molecule has 0 radical (unpaired) electrons. The van der Waals surface area contributed by atoms with Crippen molar-refractivity contribution in [3.05, 3.63) is 76.7 Å². The second-order valence-electron chi connectivity index (χ2n) is 6.86. The largest absolute Gasteiger partial charge is 0.391 e. The van der Waals surface area contributed by atoms with Crippen molar-refractivity contribution in [3.63, 3.8) is 0 Å². The number of hydrogen-bond acceptors (Lipinski definition) is 3. The van der Waals surface area contributed by atoms with E-state index in [-0.39, 0.29) is 29.0 Å². The zero-order valence-corrected chi connectivity index (χ0v) is 15.2. The number of para-hydroxylation sites is 1. The number of hydrogen-bond donors (Lipinski definition) is 1. The van der Waals surface area contributed by atoms with Crippen LogP contribution < -0.4 is 0 Å². The summed E-state index contributed by atoms with van der Waals surface area (Å²) in [6.07, 6.45) is -0.0612. The number of carbonyl (C=O) groups is 1. The molecule has 2 heterocycles. The minimum atomic E-state index is -0.638. The lowest BCUT2D eigenvalue weighted by molar-refractivity contribution is 0.0764. The van der Waals surface area contributed by atoms with Crippen LogP contribution in [0.2, 0.25) is 5.02 Å². The van der Waals surface area contributed by atoms with E-state index in [0.29, 0.717) is 13.0 Å². The fourth-order valence-electron chi connectivity index (χ4n) is 3.54. The first kappa shape index (κ1) is 17.9. The fourth-order valence-corrected chi connectivity index (χ4v) is 3.79. The summed E-state index contributed by atoms with van der Waals surface area (Å²) in [6, 6.07) is 15.5. The van der Waals surface area contributed by atoms with Gasteiger partial charge in [-0.3, -0.25) is 9.78 Å². The Kier molecular flexibility index (Phi) is 4.81. The van der Waals surface area contributed by atoms with Gasteiger partial charge in [0, 0.05) is 30.1 Å². The van der Waals surface area contributed by atoms with Gasteiger partial charge in [-0.2, -0.15) is 0 Å². The molecule has 1 amide bonds. The zero-order valence-electron chi connectivity index (χ0n) is 14.5. The summed E-state index contributed by atoms with van der Waals surface area (Å²) in [5.41, 5.74) is 2.04. The van der Waals surface area contributed by atoms with Crippen molar-refractivity contribution in [1.82, 2.24) is 9.88 Å². The number of nitrogens with zero attached hydrogens (tertiary/aromatic N) is 2. The monoisotopic (exact) mass is 384 g/mol. The molecule has 0 aliphatic carbocycles. The summed E-state index contributed by atoms with van der Waals surface area (Å²) in [7, 11) is 0. The Morgan fingerprint density at radius 2 is 2.00 bits per heavy atom. The number of carbonyl (C=O) groups excluding carboxylic acids is 1. The first-order chi connectivity index (χ1) is 13.0. The lowest BCUT2D eigenvalue weighted by Crippen LogP contribution is -2.29. The average Bonchev–Trinajstić information content (AvgIpc) is 3.02. The van der Waals surface area contributed by atoms with Gasteiger partial charge in [-0.15, -0.1) is 0 Å². The molecular formula is C21H18ClFN2O2. The van der Waals surface area contributed by atoms with Gasteiger partial charge in [0.15, 0.2) is 0 Å². The molecule has 1 aliphatic rings. The van der Waals surface area contributed by atoms with E-state index in [2.05, 4.69) is 4.98 Å². The van der Waals surface area contributed by atoms with Crippen molar-refractivity contribution >= 4 is 28.4 Å². The molecule has 138 valence electrons. The molecule has 6 heteroatoms. The van der Waals surface area contributed by atoms with Crippen LogP contribution in [0.15, 0.2) is 54.6 Å². The third kappa shape index (κ3) is 3.66. The summed E-state index contributed by atoms with van der Waals surface area (Å²) in [4.78, 5) is 18.9. The summed E-state index contributed by atoms with van der Waals surface area (Å²) >= 11 is 6.00. The Morgan fingerprint density at radius 1 is 1.19 bits per heavy atom. The number of benzene rings is 2. The third-order valence-electron chi connectivity index (χ3n) is 4.98. The van der Waals surface area contributed by atoms with Gasteiger partial charge in [0.1, 0.15) is 5.82 Å². The minimum absolute atomic E-state index is 0.0779. The number of aromatic nitrogens is 1. The molecule has 0 saturated carbocycles. The van der Waals surface area contributed by atoms with E-state index in [4.69, 9.17) is 11.6 Å². The number of aliphatic hydroxyl groups is 1. The van der Waals surface area contributed by atoms with Crippen LogP contribution in [-0.4, -0.2) is 40.1 Å². The van der Waals surface area contributed by atoms with Crippen LogP contribution >= 0.6 is 11.6 Å². The van der Waals surface area contributed by atoms with Gasteiger partial charge >= 0.3 is 0 Å². The van der Waals surface area contributed by atoms with Crippen molar-refractivity contribution in [2.75, 3.05) is 13.1 Å². The molecule has 2 atom stereocenters. The van der Waals surface area contributed by atoms with E-state index >= 15 is 0 Å². The maximum atomic E-state index is 13.2. The molecule has 3 aromatic rings. The van der Waals surface area contributed by atoms with Gasteiger partial charge in [-0.05, 0) is 36.8 Å². The Hall–Kier alpha value is -2.50. The Balaban J connectivity index is 1.49. The van der Waals surface area contributed by atoms with Crippen LogP contribution in [0.25, 0.3) is 10.9 Å². The topological polar surface area (TPSA) is 53.4 Å². The lowest BCUT2D eigenvalue weighted by atomic mass is 9.99. The highest BCUT2D eigenvalue weighted by Crippen LogP contribution is 2.26. The van der Waals surface area contributed by atoms with Crippen molar-refractivity contribution < 1.29 is 14.3 Å². The van der Waals surface area contributed by atoms with Crippen LogP contribution in [0.4, 0.5) is 4.39 Å². The van der Waals surface area contributed by atoms with E-state index in [1.807, 2.05) is 36.4 Å².